The summed E-state index contributed by atoms with van der Waals surface area (Å²) >= 11 is 0. The molecule has 5 nitrogen and oxygen atoms in total. The lowest BCUT2D eigenvalue weighted by molar-refractivity contribution is 0.607. The second-order valence-corrected chi connectivity index (χ2v) is 8.45. The van der Waals surface area contributed by atoms with Crippen LogP contribution in [0.1, 0.15) is 11.1 Å². The average molecular weight is 387 g/mol. The average Bonchev–Trinajstić information content (AvgIpc) is 2.59. The molecule has 1 heterocycles. The number of hydrogen-bond acceptors (Lipinski definition) is 4. The van der Waals surface area contributed by atoms with Crippen molar-refractivity contribution < 1.29 is 12.8 Å². The second kappa shape index (κ2) is 7.52. The van der Waals surface area contributed by atoms with Gasteiger partial charge in [-0.2, -0.15) is 0 Å². The number of aromatic nitrogens is 1. The maximum absolute atomic E-state index is 13.5. The summed E-state index contributed by atoms with van der Waals surface area (Å²) in [5, 5.41) is 0.947. The van der Waals surface area contributed by atoms with Crippen LogP contribution in [0.3, 0.4) is 0 Å². The van der Waals surface area contributed by atoms with Crippen LogP contribution in [0.2, 0.25) is 0 Å². The molecule has 0 fully saturated rings. The molecule has 7 heteroatoms. The highest BCUT2D eigenvalue weighted by Crippen LogP contribution is 2.23. The van der Waals surface area contributed by atoms with Crippen LogP contribution < -0.4 is 9.62 Å². The molecule has 0 saturated heterocycles. The largest absolute Gasteiger partial charge is 0.359 e. The van der Waals surface area contributed by atoms with Crippen LogP contribution in [-0.2, 0) is 16.4 Å². The van der Waals surface area contributed by atoms with E-state index in [9.17, 15) is 12.8 Å². The number of benzene rings is 2. The summed E-state index contributed by atoms with van der Waals surface area (Å²) in [4.78, 5) is 6.60. The van der Waals surface area contributed by atoms with Crippen molar-refractivity contribution >= 4 is 32.4 Å². The van der Waals surface area contributed by atoms with Crippen molar-refractivity contribution in [2.24, 2.45) is 0 Å². The van der Waals surface area contributed by atoms with E-state index in [0.717, 1.165) is 41.6 Å². The molecule has 0 amide bonds. The minimum Gasteiger partial charge on any atom is -0.359 e. The highest BCUT2D eigenvalue weighted by molar-refractivity contribution is 7.92. The fourth-order valence-corrected chi connectivity index (χ4v) is 3.48. The van der Waals surface area contributed by atoms with Crippen molar-refractivity contribution in [2.75, 3.05) is 29.5 Å². The van der Waals surface area contributed by atoms with Crippen molar-refractivity contribution in [1.29, 1.82) is 0 Å². The zero-order valence-corrected chi connectivity index (χ0v) is 16.3. The Morgan fingerprint density at radius 2 is 1.81 bits per heavy atom. The van der Waals surface area contributed by atoms with Crippen LogP contribution in [0, 0.1) is 12.7 Å². The van der Waals surface area contributed by atoms with Crippen molar-refractivity contribution in [3.63, 3.8) is 0 Å². The number of aryl methyl sites for hydroxylation is 1. The van der Waals surface area contributed by atoms with Crippen LogP contribution in [0.4, 0.5) is 15.9 Å². The van der Waals surface area contributed by atoms with Gasteiger partial charge in [0.15, 0.2) is 0 Å². The summed E-state index contributed by atoms with van der Waals surface area (Å²) in [6, 6.07) is 13.9. The molecular formula is C20H22FN3O2S. The number of rotatable bonds is 6. The molecule has 0 spiro atoms. The maximum Gasteiger partial charge on any atom is 0.229 e. The number of halogens is 1. The fraction of sp³-hybridized carbons (Fsp3) is 0.250. The van der Waals surface area contributed by atoms with E-state index in [1.165, 1.54) is 12.1 Å². The van der Waals surface area contributed by atoms with Gasteiger partial charge in [-0.05, 0) is 54.8 Å². The quantitative estimate of drug-likeness (QED) is 0.700. The predicted octanol–water partition coefficient (Wildman–Crippen LogP) is 3.73. The molecule has 1 N–H and O–H groups in total. The Bertz CT molecular complexity index is 1070. The van der Waals surface area contributed by atoms with Gasteiger partial charge in [0.25, 0.3) is 0 Å². The lowest BCUT2D eigenvalue weighted by Crippen LogP contribution is -2.21. The lowest BCUT2D eigenvalue weighted by atomic mass is 10.1. The molecule has 142 valence electrons. The van der Waals surface area contributed by atoms with Gasteiger partial charge in [-0.1, -0.05) is 12.1 Å². The highest BCUT2D eigenvalue weighted by atomic mass is 32.2. The molecule has 3 aromatic rings. The van der Waals surface area contributed by atoms with Crippen molar-refractivity contribution in [3.8, 4) is 0 Å². The van der Waals surface area contributed by atoms with Crippen LogP contribution >= 0.6 is 0 Å². The zero-order chi connectivity index (χ0) is 19.6. The molecule has 0 bridgehead atoms. The molecule has 3 rings (SSSR count). The summed E-state index contributed by atoms with van der Waals surface area (Å²) in [5.41, 5.74) is 3.33. The third-order valence-corrected chi connectivity index (χ3v) is 4.96. The van der Waals surface area contributed by atoms with Crippen molar-refractivity contribution in [3.05, 3.63) is 65.5 Å². The summed E-state index contributed by atoms with van der Waals surface area (Å²) in [5.74, 6) is 0.498. The van der Waals surface area contributed by atoms with Crippen LogP contribution in [-0.4, -0.2) is 33.2 Å². The molecule has 0 aliphatic heterocycles. The molecule has 0 unspecified atom stereocenters. The Balaban J connectivity index is 1.70. The summed E-state index contributed by atoms with van der Waals surface area (Å²) in [6.45, 7) is 2.72. The van der Waals surface area contributed by atoms with E-state index in [1.807, 2.05) is 37.1 Å². The second-order valence-electron chi connectivity index (χ2n) is 6.70. The first-order valence-electron chi connectivity index (χ1n) is 8.56. The Kier molecular flexibility index (Phi) is 5.32. The van der Waals surface area contributed by atoms with E-state index in [4.69, 9.17) is 0 Å². The number of likely N-dealkylation sites (N-methyl/N-ethyl adjacent to an activating group) is 1. The topological polar surface area (TPSA) is 62.3 Å². The van der Waals surface area contributed by atoms with E-state index in [-0.39, 0.29) is 5.82 Å². The lowest BCUT2D eigenvalue weighted by Gasteiger charge is -2.19. The van der Waals surface area contributed by atoms with E-state index < -0.39 is 10.0 Å². The van der Waals surface area contributed by atoms with Gasteiger partial charge in [0.1, 0.15) is 11.6 Å². The van der Waals surface area contributed by atoms with E-state index in [1.54, 1.807) is 18.2 Å². The molecule has 0 saturated carbocycles. The van der Waals surface area contributed by atoms with Gasteiger partial charge in [-0.3, -0.25) is 4.72 Å². The maximum atomic E-state index is 13.5. The third-order valence-electron chi connectivity index (χ3n) is 4.35. The number of hydrogen-bond donors (Lipinski definition) is 1. The number of anilines is 2. The van der Waals surface area contributed by atoms with Crippen LogP contribution in [0.15, 0.2) is 48.5 Å². The Hall–Kier alpha value is -2.67. The van der Waals surface area contributed by atoms with Crippen molar-refractivity contribution in [1.82, 2.24) is 4.98 Å². The Morgan fingerprint density at radius 1 is 1.11 bits per heavy atom. The first kappa shape index (κ1) is 19.1. The van der Waals surface area contributed by atoms with Crippen LogP contribution in [0.5, 0.6) is 0 Å². The number of nitrogens with one attached hydrogen (secondary N) is 1. The van der Waals surface area contributed by atoms with Gasteiger partial charge in [0.05, 0.1) is 11.8 Å². The molecule has 0 aliphatic carbocycles. The zero-order valence-electron chi connectivity index (χ0n) is 15.5. The summed E-state index contributed by atoms with van der Waals surface area (Å²) < 4.78 is 38.5. The van der Waals surface area contributed by atoms with Gasteiger partial charge in [0.2, 0.25) is 10.0 Å². The SMILES string of the molecule is Cc1cc(N(C)CCc2ccc(NS(C)(=O)=O)cc2)nc2cc(F)ccc12. The van der Waals surface area contributed by atoms with Gasteiger partial charge in [-0.15, -0.1) is 0 Å². The first-order valence-corrected chi connectivity index (χ1v) is 10.5. The van der Waals surface area contributed by atoms with Crippen molar-refractivity contribution in [2.45, 2.75) is 13.3 Å². The molecule has 2 aromatic carbocycles. The first-order chi connectivity index (χ1) is 12.7. The monoisotopic (exact) mass is 387 g/mol. The molecule has 0 aliphatic rings. The summed E-state index contributed by atoms with van der Waals surface area (Å²) in [7, 11) is -1.32. The molecule has 27 heavy (non-hydrogen) atoms. The van der Waals surface area contributed by atoms with E-state index >= 15 is 0 Å². The van der Waals surface area contributed by atoms with E-state index in [2.05, 4.69) is 9.71 Å². The number of pyridine rings is 1. The number of nitrogens with zero attached hydrogens (tertiary/aromatic N) is 2. The fourth-order valence-electron chi connectivity index (χ4n) is 2.92. The smallest absolute Gasteiger partial charge is 0.229 e. The molecular weight excluding hydrogens is 365 g/mol. The standard InChI is InChI=1S/C20H22FN3O2S/c1-14-12-20(22-19-13-16(21)6-9-18(14)19)24(2)11-10-15-4-7-17(8-5-15)23-27(3,25)26/h4-9,12-13,23H,10-11H2,1-3H3. The van der Waals surface area contributed by atoms with Gasteiger partial charge in [0, 0.05) is 30.7 Å². The Labute approximate surface area is 158 Å². The minimum absolute atomic E-state index is 0.294. The highest BCUT2D eigenvalue weighted by Gasteiger charge is 2.08. The number of sulfonamides is 1. The third kappa shape index (κ3) is 4.95. The Morgan fingerprint density at radius 3 is 2.48 bits per heavy atom. The molecule has 1 aromatic heterocycles. The molecule has 0 atom stereocenters. The number of fused-ring (bicyclic) bond motifs is 1. The normalized spacial score (nSPS) is 11.6. The van der Waals surface area contributed by atoms with E-state index in [0.29, 0.717) is 11.2 Å². The molecule has 0 radical (unpaired) electrons. The summed E-state index contributed by atoms with van der Waals surface area (Å²) in [6.07, 6.45) is 1.90. The van der Waals surface area contributed by atoms with Gasteiger partial charge in [-0.25, -0.2) is 17.8 Å². The van der Waals surface area contributed by atoms with Gasteiger partial charge < -0.3 is 4.90 Å². The predicted molar refractivity (Wildman–Crippen MR) is 108 cm³/mol. The minimum atomic E-state index is -3.27. The van der Waals surface area contributed by atoms with Gasteiger partial charge >= 0.3 is 0 Å². The van der Waals surface area contributed by atoms with Crippen LogP contribution in [0.25, 0.3) is 10.9 Å².